The number of nitrogens with zero attached hydrogens (tertiary/aromatic N) is 2. The van der Waals surface area contributed by atoms with Crippen molar-refractivity contribution in [2.75, 3.05) is 12.3 Å². The molecule has 1 aromatic rings. The van der Waals surface area contributed by atoms with E-state index >= 15 is 0 Å². The molecular weight excluding hydrogens is 242 g/mol. The molecule has 0 aromatic carbocycles. The van der Waals surface area contributed by atoms with E-state index in [0.29, 0.717) is 25.3 Å². The molecule has 0 saturated carbocycles. The zero-order valence-electron chi connectivity index (χ0n) is 9.58. The summed E-state index contributed by atoms with van der Waals surface area (Å²) in [6.07, 6.45) is 5.39. The Bertz CT molecular complexity index is 469. The second-order valence-electron chi connectivity index (χ2n) is 4.14. The van der Waals surface area contributed by atoms with Crippen LogP contribution in [0, 0.1) is 0 Å². The highest BCUT2D eigenvalue weighted by Crippen LogP contribution is 2.23. The highest BCUT2D eigenvalue weighted by molar-refractivity contribution is 7.91. The van der Waals surface area contributed by atoms with Crippen LogP contribution in [0.2, 0.25) is 0 Å². The molecule has 1 saturated heterocycles. The Morgan fingerprint density at radius 2 is 2.35 bits per heavy atom. The van der Waals surface area contributed by atoms with Crippen LogP contribution in [0.25, 0.3) is 0 Å². The van der Waals surface area contributed by atoms with Crippen LogP contribution in [0.4, 0.5) is 0 Å². The van der Waals surface area contributed by atoms with Crippen LogP contribution >= 0.6 is 0 Å². The van der Waals surface area contributed by atoms with Gasteiger partial charge in [0.05, 0.1) is 24.7 Å². The number of ether oxygens (including phenoxy) is 1. The average molecular weight is 259 g/mol. The van der Waals surface area contributed by atoms with Crippen LogP contribution in [0.1, 0.15) is 19.3 Å². The van der Waals surface area contributed by atoms with Gasteiger partial charge in [-0.25, -0.2) is 8.42 Å². The van der Waals surface area contributed by atoms with E-state index in [9.17, 15) is 8.42 Å². The Balaban J connectivity index is 2.04. The van der Waals surface area contributed by atoms with Crippen molar-refractivity contribution in [3.05, 3.63) is 12.4 Å². The van der Waals surface area contributed by atoms with Crippen LogP contribution in [0.15, 0.2) is 12.4 Å². The Morgan fingerprint density at radius 1 is 1.53 bits per heavy atom. The van der Waals surface area contributed by atoms with Gasteiger partial charge in [-0.05, 0) is 19.3 Å². The summed E-state index contributed by atoms with van der Waals surface area (Å²) >= 11 is 0. The van der Waals surface area contributed by atoms with E-state index in [2.05, 4.69) is 5.10 Å². The van der Waals surface area contributed by atoms with E-state index in [1.54, 1.807) is 10.9 Å². The van der Waals surface area contributed by atoms with Gasteiger partial charge in [-0.2, -0.15) is 5.10 Å². The number of hydrogen-bond acceptors (Lipinski definition) is 5. The molecule has 2 heterocycles. The second-order valence-corrected chi connectivity index (χ2v) is 6.40. The lowest BCUT2D eigenvalue weighted by Crippen LogP contribution is -2.33. The summed E-state index contributed by atoms with van der Waals surface area (Å²) in [5.74, 6) is 0.711. The van der Waals surface area contributed by atoms with Gasteiger partial charge in [-0.15, -0.1) is 0 Å². The lowest BCUT2D eigenvalue weighted by atomic mass is 10.2. The van der Waals surface area contributed by atoms with Gasteiger partial charge in [0.25, 0.3) is 0 Å². The molecule has 96 valence electrons. The van der Waals surface area contributed by atoms with Gasteiger partial charge in [0.2, 0.25) is 0 Å². The highest BCUT2D eigenvalue weighted by Gasteiger charge is 2.30. The summed E-state index contributed by atoms with van der Waals surface area (Å²) in [5.41, 5.74) is 4.68. The van der Waals surface area contributed by atoms with Gasteiger partial charge in [0.15, 0.2) is 21.0 Å². The lowest BCUT2D eigenvalue weighted by molar-refractivity contribution is 0.251. The maximum Gasteiger partial charge on any atom is 0.199 e. The predicted octanol–water partition coefficient (Wildman–Crippen LogP) is 0.145. The van der Waals surface area contributed by atoms with E-state index in [-0.39, 0.29) is 5.75 Å². The fraction of sp³-hybridized carbons (Fsp3) is 0.700. The normalized spacial score (nSPS) is 23.5. The zero-order chi connectivity index (χ0) is 12.3. The summed E-state index contributed by atoms with van der Waals surface area (Å²) in [6, 6.07) is 0. The Kier molecular flexibility index (Phi) is 3.68. The van der Waals surface area contributed by atoms with Crippen LogP contribution in [0.3, 0.4) is 0 Å². The van der Waals surface area contributed by atoms with Crippen LogP contribution in [-0.4, -0.2) is 35.9 Å². The van der Waals surface area contributed by atoms with Crippen molar-refractivity contribution in [2.45, 2.75) is 31.2 Å². The van der Waals surface area contributed by atoms with E-state index in [1.165, 1.54) is 6.20 Å². The number of aromatic nitrogens is 2. The van der Waals surface area contributed by atoms with Crippen LogP contribution in [0.5, 0.6) is 5.75 Å². The van der Waals surface area contributed by atoms with Crippen molar-refractivity contribution in [3.8, 4) is 5.75 Å². The number of sulfone groups is 1. The minimum Gasteiger partial charge on any atom is -0.471 e. The largest absolute Gasteiger partial charge is 0.471 e. The molecule has 0 radical (unpaired) electrons. The van der Waals surface area contributed by atoms with Crippen molar-refractivity contribution in [2.24, 2.45) is 5.73 Å². The summed E-state index contributed by atoms with van der Waals surface area (Å²) in [7, 11) is -3.11. The van der Waals surface area contributed by atoms with E-state index in [4.69, 9.17) is 10.5 Å². The first-order valence-electron chi connectivity index (χ1n) is 5.72. The summed E-state index contributed by atoms with van der Waals surface area (Å²) in [5, 5.41) is 4.04. The lowest BCUT2D eigenvalue weighted by Gasteiger charge is -2.22. The molecule has 2 rings (SSSR count). The zero-order valence-corrected chi connectivity index (χ0v) is 10.4. The average Bonchev–Trinajstić information content (AvgIpc) is 2.70. The van der Waals surface area contributed by atoms with Gasteiger partial charge >= 0.3 is 0 Å². The molecule has 2 N–H and O–H groups in total. The predicted molar refractivity (Wildman–Crippen MR) is 63.3 cm³/mol. The molecule has 6 nitrogen and oxygen atoms in total. The van der Waals surface area contributed by atoms with Gasteiger partial charge in [0.1, 0.15) is 0 Å². The van der Waals surface area contributed by atoms with Crippen molar-refractivity contribution < 1.29 is 13.2 Å². The minimum atomic E-state index is -3.11. The molecule has 1 atom stereocenters. The molecule has 1 aliphatic heterocycles. The summed E-state index contributed by atoms with van der Waals surface area (Å²) < 4.78 is 30.6. The number of hydrogen-bond donors (Lipinski definition) is 1. The number of rotatable bonds is 4. The van der Waals surface area contributed by atoms with Gasteiger partial charge in [0, 0.05) is 6.54 Å². The first-order chi connectivity index (χ1) is 8.12. The molecule has 0 amide bonds. The Labute approximate surface area is 101 Å². The van der Waals surface area contributed by atoms with Crippen LogP contribution in [-0.2, 0) is 16.4 Å². The fourth-order valence-corrected chi connectivity index (χ4v) is 3.52. The quantitative estimate of drug-likeness (QED) is 0.831. The standard InChI is InChI=1S/C10H17N3O3S/c11-4-5-13-8-9(7-12-13)16-10-3-1-2-6-17(10,14)15/h7-8,10H,1-6,11H2. The molecule has 1 aromatic heterocycles. The maximum absolute atomic E-state index is 11.7. The first-order valence-corrected chi connectivity index (χ1v) is 7.44. The van der Waals surface area contributed by atoms with Crippen molar-refractivity contribution in [1.82, 2.24) is 9.78 Å². The SMILES string of the molecule is NCCn1cc(OC2CCCCS2(=O)=O)cn1. The van der Waals surface area contributed by atoms with Crippen molar-refractivity contribution >= 4 is 9.84 Å². The molecule has 0 bridgehead atoms. The smallest absolute Gasteiger partial charge is 0.199 e. The van der Waals surface area contributed by atoms with E-state index in [0.717, 1.165) is 12.8 Å². The van der Waals surface area contributed by atoms with E-state index < -0.39 is 15.3 Å². The molecule has 1 fully saturated rings. The van der Waals surface area contributed by atoms with E-state index in [1.807, 2.05) is 0 Å². The maximum atomic E-state index is 11.7. The third-order valence-corrected chi connectivity index (χ3v) is 4.75. The highest BCUT2D eigenvalue weighted by atomic mass is 32.2. The Hall–Kier alpha value is -1.08. The number of nitrogens with two attached hydrogens (primary N) is 1. The third-order valence-electron chi connectivity index (χ3n) is 2.75. The molecule has 17 heavy (non-hydrogen) atoms. The second kappa shape index (κ2) is 5.05. The third kappa shape index (κ3) is 2.98. The summed E-state index contributed by atoms with van der Waals surface area (Å²) in [6.45, 7) is 1.09. The fourth-order valence-electron chi connectivity index (χ4n) is 1.87. The molecule has 7 heteroatoms. The molecule has 1 aliphatic rings. The first kappa shape index (κ1) is 12.4. The molecular formula is C10H17N3O3S. The van der Waals surface area contributed by atoms with Crippen LogP contribution < -0.4 is 10.5 Å². The topological polar surface area (TPSA) is 87.2 Å². The minimum absolute atomic E-state index is 0.217. The molecule has 0 aliphatic carbocycles. The monoisotopic (exact) mass is 259 g/mol. The molecule has 0 spiro atoms. The Morgan fingerprint density at radius 3 is 3.06 bits per heavy atom. The van der Waals surface area contributed by atoms with Gasteiger partial charge in [-0.3, -0.25) is 4.68 Å². The van der Waals surface area contributed by atoms with Gasteiger partial charge < -0.3 is 10.5 Å². The van der Waals surface area contributed by atoms with Gasteiger partial charge in [-0.1, -0.05) is 0 Å². The van der Waals surface area contributed by atoms with Crippen molar-refractivity contribution in [3.63, 3.8) is 0 Å². The molecule has 1 unspecified atom stereocenters. The van der Waals surface area contributed by atoms with Crippen molar-refractivity contribution in [1.29, 1.82) is 0 Å². The summed E-state index contributed by atoms with van der Waals surface area (Å²) in [4.78, 5) is 0.